The molecule has 2 heteroatoms. The van der Waals surface area contributed by atoms with E-state index >= 15 is 0 Å². The number of hydrogen-bond acceptors (Lipinski definition) is 2. The molecular formula is C16H32N2. The minimum atomic E-state index is 0.806. The highest BCUT2D eigenvalue weighted by Gasteiger charge is 2.30. The molecule has 3 unspecified atom stereocenters. The van der Waals surface area contributed by atoms with Gasteiger partial charge in [0.15, 0.2) is 0 Å². The van der Waals surface area contributed by atoms with E-state index < -0.39 is 0 Å². The Morgan fingerprint density at radius 3 is 2.83 bits per heavy atom. The average Bonchev–Trinajstić information content (AvgIpc) is 2.93. The van der Waals surface area contributed by atoms with Crippen molar-refractivity contribution in [1.82, 2.24) is 10.2 Å². The Kier molecular flexibility index (Phi) is 5.97. The number of nitrogens with zero attached hydrogens (tertiary/aromatic N) is 1. The Balaban J connectivity index is 1.74. The van der Waals surface area contributed by atoms with Gasteiger partial charge >= 0.3 is 0 Å². The molecule has 3 atom stereocenters. The van der Waals surface area contributed by atoms with Gasteiger partial charge < -0.3 is 10.2 Å². The zero-order valence-corrected chi connectivity index (χ0v) is 12.5. The molecule has 2 heterocycles. The van der Waals surface area contributed by atoms with Gasteiger partial charge in [0.2, 0.25) is 0 Å². The largest absolute Gasteiger partial charge is 0.314 e. The van der Waals surface area contributed by atoms with E-state index in [0.717, 1.165) is 18.0 Å². The maximum Gasteiger partial charge on any atom is 0.0108 e. The van der Waals surface area contributed by atoms with Crippen LogP contribution >= 0.6 is 0 Å². The molecule has 2 nitrogen and oxygen atoms in total. The molecule has 0 spiro atoms. The Morgan fingerprint density at radius 2 is 2.11 bits per heavy atom. The fourth-order valence-corrected chi connectivity index (χ4v) is 3.76. The van der Waals surface area contributed by atoms with Crippen molar-refractivity contribution in [3.8, 4) is 0 Å². The molecule has 106 valence electrons. The minimum Gasteiger partial charge on any atom is -0.314 e. The standard InChI is InChI=1S/C16H32N2/c1-3-4-5-8-14(2)18-12-7-9-15(13-18)16-10-6-11-17-16/h14-17H,3-13H2,1-2H3. The highest BCUT2D eigenvalue weighted by atomic mass is 15.2. The van der Waals surface area contributed by atoms with Gasteiger partial charge in [0.25, 0.3) is 0 Å². The summed E-state index contributed by atoms with van der Waals surface area (Å²) in [5.41, 5.74) is 0. The Labute approximate surface area is 114 Å². The quantitative estimate of drug-likeness (QED) is 0.729. The molecule has 2 fully saturated rings. The molecule has 2 rings (SSSR count). The summed E-state index contributed by atoms with van der Waals surface area (Å²) in [7, 11) is 0. The molecule has 0 aliphatic carbocycles. The number of rotatable bonds is 6. The van der Waals surface area contributed by atoms with Gasteiger partial charge in [-0.15, -0.1) is 0 Å². The first-order valence-corrected chi connectivity index (χ1v) is 8.28. The second kappa shape index (κ2) is 7.49. The highest BCUT2D eigenvalue weighted by Crippen LogP contribution is 2.26. The van der Waals surface area contributed by atoms with Crippen LogP contribution in [0.1, 0.15) is 65.2 Å². The third-order valence-electron chi connectivity index (χ3n) is 5.01. The van der Waals surface area contributed by atoms with E-state index in [9.17, 15) is 0 Å². The van der Waals surface area contributed by atoms with Crippen molar-refractivity contribution in [1.29, 1.82) is 0 Å². The van der Waals surface area contributed by atoms with E-state index in [2.05, 4.69) is 24.1 Å². The van der Waals surface area contributed by atoms with E-state index in [0.29, 0.717) is 0 Å². The van der Waals surface area contributed by atoms with Gasteiger partial charge in [-0.05, 0) is 58.0 Å². The fraction of sp³-hybridized carbons (Fsp3) is 1.00. The summed E-state index contributed by atoms with van der Waals surface area (Å²) in [6.45, 7) is 8.70. The first-order chi connectivity index (χ1) is 8.81. The van der Waals surface area contributed by atoms with Crippen LogP contribution in [0.3, 0.4) is 0 Å². The second-order valence-corrected chi connectivity index (χ2v) is 6.44. The van der Waals surface area contributed by atoms with Crippen molar-refractivity contribution < 1.29 is 0 Å². The number of piperidine rings is 1. The molecule has 0 radical (unpaired) electrons. The molecule has 1 N–H and O–H groups in total. The van der Waals surface area contributed by atoms with Crippen molar-refractivity contribution >= 4 is 0 Å². The van der Waals surface area contributed by atoms with E-state index in [-0.39, 0.29) is 0 Å². The molecule has 0 aromatic carbocycles. The average molecular weight is 252 g/mol. The van der Waals surface area contributed by atoms with Gasteiger partial charge in [0, 0.05) is 18.6 Å². The van der Waals surface area contributed by atoms with Crippen LogP contribution in [-0.2, 0) is 0 Å². The van der Waals surface area contributed by atoms with Crippen LogP contribution in [0.2, 0.25) is 0 Å². The number of unbranched alkanes of at least 4 members (excludes halogenated alkanes) is 2. The van der Waals surface area contributed by atoms with Crippen LogP contribution in [0.4, 0.5) is 0 Å². The first kappa shape index (κ1) is 14.3. The third kappa shape index (κ3) is 3.96. The zero-order chi connectivity index (χ0) is 12.8. The number of likely N-dealkylation sites (tertiary alicyclic amines) is 1. The van der Waals surface area contributed by atoms with Crippen molar-refractivity contribution in [3.63, 3.8) is 0 Å². The van der Waals surface area contributed by atoms with Crippen molar-refractivity contribution in [2.24, 2.45) is 5.92 Å². The normalized spacial score (nSPS) is 31.7. The van der Waals surface area contributed by atoms with E-state index in [1.54, 1.807) is 0 Å². The molecule has 0 aromatic rings. The van der Waals surface area contributed by atoms with Gasteiger partial charge in [0.1, 0.15) is 0 Å². The number of nitrogens with one attached hydrogen (secondary N) is 1. The first-order valence-electron chi connectivity index (χ1n) is 8.28. The smallest absolute Gasteiger partial charge is 0.0108 e. The van der Waals surface area contributed by atoms with Crippen LogP contribution in [0.25, 0.3) is 0 Å². The summed E-state index contributed by atoms with van der Waals surface area (Å²) >= 11 is 0. The van der Waals surface area contributed by atoms with Gasteiger partial charge in [-0.3, -0.25) is 0 Å². The van der Waals surface area contributed by atoms with E-state index in [1.165, 1.54) is 71.0 Å². The maximum atomic E-state index is 3.71. The van der Waals surface area contributed by atoms with Gasteiger partial charge in [0.05, 0.1) is 0 Å². The number of hydrogen-bond donors (Lipinski definition) is 1. The van der Waals surface area contributed by atoms with Crippen LogP contribution in [0.15, 0.2) is 0 Å². The zero-order valence-electron chi connectivity index (χ0n) is 12.5. The van der Waals surface area contributed by atoms with Crippen molar-refractivity contribution in [3.05, 3.63) is 0 Å². The van der Waals surface area contributed by atoms with Gasteiger partial charge in [-0.2, -0.15) is 0 Å². The Hall–Kier alpha value is -0.0800. The summed E-state index contributed by atoms with van der Waals surface area (Å²) in [4.78, 5) is 2.77. The lowest BCUT2D eigenvalue weighted by Gasteiger charge is -2.39. The summed E-state index contributed by atoms with van der Waals surface area (Å²) in [5.74, 6) is 0.926. The van der Waals surface area contributed by atoms with E-state index in [1.807, 2.05) is 0 Å². The van der Waals surface area contributed by atoms with Gasteiger partial charge in [-0.25, -0.2) is 0 Å². The predicted molar refractivity (Wildman–Crippen MR) is 78.9 cm³/mol. The monoisotopic (exact) mass is 252 g/mol. The molecule has 0 aromatic heterocycles. The molecule has 2 saturated heterocycles. The lowest BCUT2D eigenvalue weighted by atomic mass is 9.89. The van der Waals surface area contributed by atoms with Gasteiger partial charge in [-0.1, -0.05) is 26.2 Å². The van der Waals surface area contributed by atoms with E-state index in [4.69, 9.17) is 0 Å². The lowest BCUT2D eigenvalue weighted by Crippen LogP contribution is -2.46. The topological polar surface area (TPSA) is 15.3 Å². The summed E-state index contributed by atoms with van der Waals surface area (Å²) in [5, 5.41) is 3.71. The maximum absolute atomic E-state index is 3.71. The van der Waals surface area contributed by atoms with Crippen molar-refractivity contribution in [2.75, 3.05) is 19.6 Å². The van der Waals surface area contributed by atoms with Crippen LogP contribution < -0.4 is 5.32 Å². The predicted octanol–water partition coefficient (Wildman–Crippen LogP) is 3.42. The summed E-state index contributed by atoms with van der Waals surface area (Å²) in [6, 6.07) is 1.64. The molecule has 18 heavy (non-hydrogen) atoms. The Morgan fingerprint density at radius 1 is 1.22 bits per heavy atom. The third-order valence-corrected chi connectivity index (χ3v) is 5.01. The molecule has 0 saturated carbocycles. The highest BCUT2D eigenvalue weighted by molar-refractivity contribution is 4.87. The summed E-state index contributed by atoms with van der Waals surface area (Å²) in [6.07, 6.45) is 11.3. The molecule has 2 aliphatic heterocycles. The molecule has 0 amide bonds. The SMILES string of the molecule is CCCCCC(C)N1CCCC(C2CCCN2)C1. The minimum absolute atomic E-state index is 0.806. The fourth-order valence-electron chi connectivity index (χ4n) is 3.76. The lowest BCUT2D eigenvalue weighted by molar-refractivity contribution is 0.109. The molecule has 2 aliphatic rings. The van der Waals surface area contributed by atoms with Crippen LogP contribution in [0.5, 0.6) is 0 Å². The Bertz CT molecular complexity index is 223. The molecule has 0 bridgehead atoms. The van der Waals surface area contributed by atoms with Crippen molar-refractivity contribution in [2.45, 2.75) is 77.3 Å². The second-order valence-electron chi connectivity index (χ2n) is 6.44. The van der Waals surface area contributed by atoms with Crippen LogP contribution in [0, 0.1) is 5.92 Å². The molecular weight excluding hydrogens is 220 g/mol. The summed E-state index contributed by atoms with van der Waals surface area (Å²) < 4.78 is 0. The van der Waals surface area contributed by atoms with Crippen LogP contribution in [-0.4, -0.2) is 36.6 Å².